The van der Waals surface area contributed by atoms with E-state index >= 15 is 0 Å². The van der Waals surface area contributed by atoms with E-state index in [2.05, 4.69) is 0 Å². The Balaban J connectivity index is 2.00. The van der Waals surface area contributed by atoms with Crippen LogP contribution < -0.4 is 0 Å². The molecule has 1 unspecified atom stereocenters. The molecule has 0 bridgehead atoms. The number of ether oxygens (including phenoxy) is 1. The Morgan fingerprint density at radius 3 is 2.86 bits per heavy atom. The molecule has 1 amide bonds. The van der Waals surface area contributed by atoms with Crippen LogP contribution in [0.1, 0.15) is 12.8 Å². The highest BCUT2D eigenvalue weighted by atomic mass is 16.5. The van der Waals surface area contributed by atoms with Crippen molar-refractivity contribution in [1.82, 2.24) is 4.90 Å². The minimum Gasteiger partial charge on any atom is -0.481 e. The van der Waals surface area contributed by atoms with Gasteiger partial charge < -0.3 is 14.7 Å². The maximum atomic E-state index is 11.5. The molecule has 2 aliphatic heterocycles. The van der Waals surface area contributed by atoms with Crippen LogP contribution in [-0.4, -0.2) is 47.7 Å². The first-order valence-electron chi connectivity index (χ1n) is 4.78. The van der Waals surface area contributed by atoms with Gasteiger partial charge in [-0.15, -0.1) is 0 Å². The Hall–Kier alpha value is -1.10. The Kier molecular flexibility index (Phi) is 2.41. The first kappa shape index (κ1) is 9.45. The second kappa shape index (κ2) is 3.57. The Morgan fingerprint density at radius 1 is 1.57 bits per heavy atom. The average molecular weight is 199 g/mol. The molecule has 0 aromatic heterocycles. The predicted molar refractivity (Wildman–Crippen MR) is 46.7 cm³/mol. The minimum atomic E-state index is -0.875. The van der Waals surface area contributed by atoms with Gasteiger partial charge in [-0.2, -0.15) is 0 Å². The predicted octanol–water partition coefficient (Wildman–Crippen LogP) is -0.292. The summed E-state index contributed by atoms with van der Waals surface area (Å²) in [7, 11) is 0. The van der Waals surface area contributed by atoms with Crippen LogP contribution >= 0.6 is 0 Å². The molecule has 0 aromatic carbocycles. The van der Waals surface area contributed by atoms with Crippen molar-refractivity contribution in [3.8, 4) is 0 Å². The molecular formula is C9H13NO4. The zero-order valence-electron chi connectivity index (χ0n) is 7.81. The largest absolute Gasteiger partial charge is 0.481 e. The van der Waals surface area contributed by atoms with E-state index in [0.717, 1.165) is 6.42 Å². The molecule has 0 saturated carbocycles. The minimum absolute atomic E-state index is 0.0482. The van der Waals surface area contributed by atoms with Gasteiger partial charge in [-0.05, 0) is 6.42 Å². The van der Waals surface area contributed by atoms with Crippen LogP contribution in [0, 0.1) is 5.92 Å². The summed E-state index contributed by atoms with van der Waals surface area (Å²) >= 11 is 0. The lowest BCUT2D eigenvalue weighted by Crippen LogP contribution is -2.37. The van der Waals surface area contributed by atoms with Crippen molar-refractivity contribution >= 4 is 11.9 Å². The smallest absolute Gasteiger partial charge is 0.308 e. The first-order chi connectivity index (χ1) is 6.68. The number of hydrogen-bond acceptors (Lipinski definition) is 3. The maximum Gasteiger partial charge on any atom is 0.308 e. The van der Waals surface area contributed by atoms with Crippen LogP contribution in [-0.2, 0) is 14.3 Å². The Bertz CT molecular complexity index is 260. The average Bonchev–Trinajstić information content (AvgIpc) is 2.71. The van der Waals surface area contributed by atoms with Crippen molar-refractivity contribution in [2.75, 3.05) is 19.8 Å². The van der Waals surface area contributed by atoms with E-state index in [1.807, 2.05) is 0 Å². The van der Waals surface area contributed by atoms with Crippen LogP contribution in [0.3, 0.4) is 0 Å². The van der Waals surface area contributed by atoms with Crippen molar-refractivity contribution in [3.05, 3.63) is 0 Å². The third-order valence-electron chi connectivity index (χ3n) is 2.85. The Labute approximate surface area is 81.6 Å². The molecule has 14 heavy (non-hydrogen) atoms. The second-order valence-electron chi connectivity index (χ2n) is 3.80. The van der Waals surface area contributed by atoms with Gasteiger partial charge in [0.1, 0.15) is 0 Å². The number of rotatable bonds is 2. The monoisotopic (exact) mass is 199 g/mol. The summed E-state index contributed by atoms with van der Waals surface area (Å²) in [4.78, 5) is 23.8. The van der Waals surface area contributed by atoms with E-state index in [0.29, 0.717) is 19.8 Å². The molecule has 0 radical (unpaired) electrons. The summed E-state index contributed by atoms with van der Waals surface area (Å²) in [5, 5.41) is 8.78. The molecule has 5 heteroatoms. The van der Waals surface area contributed by atoms with Crippen LogP contribution in [0.5, 0.6) is 0 Å². The molecule has 2 atom stereocenters. The quantitative estimate of drug-likeness (QED) is 0.663. The van der Waals surface area contributed by atoms with Crippen molar-refractivity contribution in [2.24, 2.45) is 5.92 Å². The van der Waals surface area contributed by atoms with E-state index in [9.17, 15) is 9.59 Å². The molecule has 2 heterocycles. The first-order valence-corrected chi connectivity index (χ1v) is 4.78. The summed E-state index contributed by atoms with van der Waals surface area (Å²) in [5.74, 6) is -1.45. The lowest BCUT2D eigenvalue weighted by molar-refractivity contribution is -0.141. The van der Waals surface area contributed by atoms with Crippen LogP contribution in [0.25, 0.3) is 0 Å². The molecule has 2 aliphatic rings. The van der Waals surface area contributed by atoms with Crippen molar-refractivity contribution in [2.45, 2.75) is 18.9 Å². The highest BCUT2D eigenvalue weighted by Gasteiger charge is 2.38. The van der Waals surface area contributed by atoms with E-state index in [1.165, 1.54) is 0 Å². The summed E-state index contributed by atoms with van der Waals surface area (Å²) in [6.07, 6.45) is 0.976. The number of aliphatic carboxylic acids is 1. The van der Waals surface area contributed by atoms with E-state index in [1.54, 1.807) is 4.90 Å². The van der Waals surface area contributed by atoms with Crippen molar-refractivity contribution in [1.29, 1.82) is 0 Å². The molecule has 2 saturated heterocycles. The lowest BCUT2D eigenvalue weighted by atomic mass is 10.1. The highest BCUT2D eigenvalue weighted by Crippen LogP contribution is 2.23. The molecule has 2 fully saturated rings. The third-order valence-corrected chi connectivity index (χ3v) is 2.85. The third kappa shape index (κ3) is 1.59. The second-order valence-corrected chi connectivity index (χ2v) is 3.80. The normalized spacial score (nSPS) is 32.6. The summed E-state index contributed by atoms with van der Waals surface area (Å²) in [6.45, 7) is 1.58. The van der Waals surface area contributed by atoms with Gasteiger partial charge in [-0.25, -0.2) is 0 Å². The van der Waals surface area contributed by atoms with Crippen LogP contribution in [0.15, 0.2) is 0 Å². The summed E-state index contributed by atoms with van der Waals surface area (Å²) in [6, 6.07) is 0.104. The molecule has 0 aromatic rings. The van der Waals surface area contributed by atoms with Gasteiger partial charge in [0, 0.05) is 19.6 Å². The van der Waals surface area contributed by atoms with Gasteiger partial charge >= 0.3 is 5.97 Å². The number of amides is 1. The molecule has 0 aliphatic carbocycles. The zero-order valence-corrected chi connectivity index (χ0v) is 7.81. The van der Waals surface area contributed by atoms with Crippen LogP contribution in [0.2, 0.25) is 0 Å². The number of carboxylic acid groups (broad SMARTS) is 1. The van der Waals surface area contributed by atoms with Gasteiger partial charge in [0.15, 0.2) is 0 Å². The molecule has 78 valence electrons. The number of carbonyl (C=O) groups excluding carboxylic acids is 1. The molecule has 2 rings (SSSR count). The van der Waals surface area contributed by atoms with Gasteiger partial charge in [0.25, 0.3) is 0 Å². The van der Waals surface area contributed by atoms with Crippen LogP contribution in [0.4, 0.5) is 0 Å². The Morgan fingerprint density at radius 2 is 2.36 bits per heavy atom. The topological polar surface area (TPSA) is 66.8 Å². The molecule has 1 N–H and O–H groups in total. The standard InChI is InChI=1S/C9H13NO4/c11-8-3-6(9(12)13)4-10(8)7-1-2-14-5-7/h6-7H,1-5H2,(H,12,13)/t6?,7-/m1/s1. The van der Waals surface area contributed by atoms with Crippen molar-refractivity contribution < 1.29 is 19.4 Å². The van der Waals surface area contributed by atoms with Crippen molar-refractivity contribution in [3.63, 3.8) is 0 Å². The fourth-order valence-electron chi connectivity index (χ4n) is 2.02. The lowest BCUT2D eigenvalue weighted by Gasteiger charge is -2.22. The van der Waals surface area contributed by atoms with Gasteiger partial charge in [0.05, 0.1) is 18.6 Å². The number of nitrogens with zero attached hydrogens (tertiary/aromatic N) is 1. The number of carboxylic acids is 1. The molecular weight excluding hydrogens is 186 g/mol. The van der Waals surface area contributed by atoms with Gasteiger partial charge in [0.2, 0.25) is 5.91 Å². The molecule has 5 nitrogen and oxygen atoms in total. The van der Waals surface area contributed by atoms with E-state index < -0.39 is 11.9 Å². The zero-order chi connectivity index (χ0) is 10.1. The van der Waals surface area contributed by atoms with Gasteiger partial charge in [-0.1, -0.05) is 0 Å². The SMILES string of the molecule is O=C(O)C1CC(=O)N([C@@H]2CCOC2)C1. The van der Waals surface area contributed by atoms with E-state index in [-0.39, 0.29) is 18.4 Å². The number of hydrogen-bond donors (Lipinski definition) is 1. The van der Waals surface area contributed by atoms with E-state index in [4.69, 9.17) is 9.84 Å². The maximum absolute atomic E-state index is 11.5. The summed E-state index contributed by atoms with van der Waals surface area (Å²) < 4.78 is 5.17. The van der Waals surface area contributed by atoms with Gasteiger partial charge in [-0.3, -0.25) is 9.59 Å². The number of carbonyl (C=O) groups is 2. The fraction of sp³-hybridized carbons (Fsp3) is 0.778. The highest BCUT2D eigenvalue weighted by molar-refractivity contribution is 5.86. The molecule has 0 spiro atoms. The number of likely N-dealkylation sites (tertiary alicyclic amines) is 1. The fourth-order valence-corrected chi connectivity index (χ4v) is 2.02. The summed E-state index contributed by atoms with van der Waals surface area (Å²) in [5.41, 5.74) is 0.